The van der Waals surface area contributed by atoms with Gasteiger partial charge in [-0.2, -0.15) is 0 Å². The van der Waals surface area contributed by atoms with E-state index in [1.54, 1.807) is 0 Å². The Balaban J connectivity index is 0.000000165. The Morgan fingerprint density at radius 3 is 1.75 bits per heavy atom. The molecule has 0 spiro atoms. The first-order chi connectivity index (χ1) is 7.79. The lowest BCUT2D eigenvalue weighted by Crippen LogP contribution is -2.20. The molecule has 0 unspecified atom stereocenters. The largest absolute Gasteiger partial charge is 0.399 e. The Bertz CT molecular complexity index is 251. The topological polar surface area (TPSA) is 52.0 Å². The van der Waals surface area contributed by atoms with Crippen molar-refractivity contribution in [3.8, 4) is 0 Å². The molecule has 0 bridgehead atoms. The zero-order valence-electron chi connectivity index (χ0n) is 10.1. The molecule has 1 saturated carbocycles. The zero-order valence-corrected chi connectivity index (χ0v) is 10.1. The van der Waals surface area contributed by atoms with Crippen LogP contribution in [0.5, 0.6) is 0 Å². The summed E-state index contributed by atoms with van der Waals surface area (Å²) in [6.07, 6.45) is 9.51. The molecule has 0 atom stereocenters. The summed E-state index contributed by atoms with van der Waals surface area (Å²) in [5, 5.41) is 0. The fourth-order valence-corrected chi connectivity index (χ4v) is 1.94. The van der Waals surface area contributed by atoms with Gasteiger partial charge in [0.25, 0.3) is 0 Å². The van der Waals surface area contributed by atoms with Gasteiger partial charge in [0.15, 0.2) is 0 Å². The van der Waals surface area contributed by atoms with Crippen molar-refractivity contribution < 1.29 is 0 Å². The van der Waals surface area contributed by atoms with Crippen molar-refractivity contribution in [2.75, 3.05) is 5.73 Å². The number of nitrogens with two attached hydrogens (primary N) is 2. The van der Waals surface area contributed by atoms with Crippen LogP contribution in [0, 0.1) is 0 Å². The molecule has 2 nitrogen and oxygen atoms in total. The van der Waals surface area contributed by atoms with Crippen molar-refractivity contribution in [1.82, 2.24) is 0 Å². The van der Waals surface area contributed by atoms with E-state index in [2.05, 4.69) is 0 Å². The Labute approximate surface area is 99.0 Å². The normalized spacial score (nSPS) is 17.8. The van der Waals surface area contributed by atoms with E-state index in [4.69, 9.17) is 11.5 Å². The number of hydrogen-bond donors (Lipinski definition) is 2. The molecular formula is C14H24N2. The molecular weight excluding hydrogens is 196 g/mol. The fourth-order valence-electron chi connectivity index (χ4n) is 1.94. The highest BCUT2D eigenvalue weighted by Gasteiger charge is 2.04. The summed E-state index contributed by atoms with van der Waals surface area (Å²) in [7, 11) is 0. The molecule has 1 aliphatic carbocycles. The van der Waals surface area contributed by atoms with Crippen LogP contribution in [0.15, 0.2) is 30.3 Å². The molecule has 1 fully saturated rings. The lowest BCUT2D eigenvalue weighted by atomic mass is 9.98. The smallest absolute Gasteiger partial charge is 0.0313 e. The lowest BCUT2D eigenvalue weighted by molar-refractivity contribution is 0.453. The van der Waals surface area contributed by atoms with Gasteiger partial charge in [-0.15, -0.1) is 0 Å². The van der Waals surface area contributed by atoms with Crippen LogP contribution in [-0.2, 0) is 0 Å². The lowest BCUT2D eigenvalue weighted by Gasteiger charge is -2.13. The van der Waals surface area contributed by atoms with Crippen molar-refractivity contribution in [2.24, 2.45) is 5.73 Å². The third-order valence-electron chi connectivity index (χ3n) is 2.95. The van der Waals surface area contributed by atoms with Gasteiger partial charge in [0, 0.05) is 11.7 Å². The van der Waals surface area contributed by atoms with Gasteiger partial charge in [-0.3, -0.25) is 0 Å². The predicted molar refractivity (Wildman–Crippen MR) is 71.1 cm³/mol. The Kier molecular flexibility index (Phi) is 6.66. The van der Waals surface area contributed by atoms with Gasteiger partial charge in [-0.25, -0.2) is 0 Å². The minimum atomic E-state index is 0.519. The van der Waals surface area contributed by atoms with E-state index < -0.39 is 0 Å². The maximum Gasteiger partial charge on any atom is 0.0313 e. The molecule has 0 heterocycles. The van der Waals surface area contributed by atoms with Crippen molar-refractivity contribution in [2.45, 2.75) is 51.0 Å². The first kappa shape index (κ1) is 13.0. The molecule has 0 amide bonds. The second-order valence-corrected chi connectivity index (χ2v) is 4.52. The molecule has 0 aliphatic heterocycles. The summed E-state index contributed by atoms with van der Waals surface area (Å²) in [5.74, 6) is 0. The molecule has 2 heteroatoms. The van der Waals surface area contributed by atoms with Crippen LogP contribution in [0.1, 0.15) is 44.9 Å². The summed E-state index contributed by atoms with van der Waals surface area (Å²) < 4.78 is 0. The number of benzene rings is 1. The average molecular weight is 220 g/mol. The van der Waals surface area contributed by atoms with Gasteiger partial charge in [0.1, 0.15) is 0 Å². The van der Waals surface area contributed by atoms with E-state index in [0.29, 0.717) is 6.04 Å². The maximum atomic E-state index is 5.80. The highest BCUT2D eigenvalue weighted by atomic mass is 14.6. The van der Waals surface area contributed by atoms with E-state index in [-0.39, 0.29) is 0 Å². The van der Waals surface area contributed by atoms with E-state index in [0.717, 1.165) is 5.69 Å². The predicted octanol–water partition coefficient (Wildman–Crippen LogP) is 3.33. The number of rotatable bonds is 0. The second kappa shape index (κ2) is 8.17. The molecule has 90 valence electrons. The van der Waals surface area contributed by atoms with Gasteiger partial charge in [0.2, 0.25) is 0 Å². The molecule has 0 saturated heterocycles. The third kappa shape index (κ3) is 6.46. The highest BCUT2D eigenvalue weighted by molar-refractivity contribution is 5.35. The number of hydrogen-bond acceptors (Lipinski definition) is 2. The van der Waals surface area contributed by atoms with Gasteiger partial charge in [0.05, 0.1) is 0 Å². The van der Waals surface area contributed by atoms with Crippen LogP contribution in [0.25, 0.3) is 0 Å². The standard InChI is InChI=1S/C8H17N.C6H7N/c9-8-6-4-2-1-3-5-7-8;7-6-4-2-1-3-5-6/h8H,1-7,9H2;1-5H,7H2. The number of para-hydroxylation sites is 1. The second-order valence-electron chi connectivity index (χ2n) is 4.52. The van der Waals surface area contributed by atoms with Crippen LogP contribution in [0.4, 0.5) is 5.69 Å². The van der Waals surface area contributed by atoms with E-state index >= 15 is 0 Å². The monoisotopic (exact) mass is 220 g/mol. The van der Waals surface area contributed by atoms with E-state index in [9.17, 15) is 0 Å². The van der Waals surface area contributed by atoms with Crippen molar-refractivity contribution >= 4 is 5.69 Å². The van der Waals surface area contributed by atoms with Crippen LogP contribution in [0.3, 0.4) is 0 Å². The van der Waals surface area contributed by atoms with Gasteiger partial charge in [-0.1, -0.05) is 50.3 Å². The molecule has 16 heavy (non-hydrogen) atoms. The highest BCUT2D eigenvalue weighted by Crippen LogP contribution is 2.15. The van der Waals surface area contributed by atoms with Crippen LogP contribution in [0.2, 0.25) is 0 Å². The SMILES string of the molecule is NC1CCCCCCC1.Nc1ccccc1. The van der Waals surface area contributed by atoms with Crippen molar-refractivity contribution in [3.63, 3.8) is 0 Å². The zero-order chi connectivity index (χ0) is 11.6. The minimum absolute atomic E-state index is 0.519. The Morgan fingerprint density at radius 2 is 1.31 bits per heavy atom. The van der Waals surface area contributed by atoms with Crippen molar-refractivity contribution in [3.05, 3.63) is 30.3 Å². The Hall–Kier alpha value is -1.02. The van der Waals surface area contributed by atoms with Crippen molar-refractivity contribution in [1.29, 1.82) is 0 Å². The first-order valence-electron chi connectivity index (χ1n) is 6.35. The first-order valence-corrected chi connectivity index (χ1v) is 6.35. The summed E-state index contributed by atoms with van der Waals surface area (Å²) in [4.78, 5) is 0. The Morgan fingerprint density at radius 1 is 0.812 bits per heavy atom. The average Bonchev–Trinajstić information content (AvgIpc) is 2.26. The minimum Gasteiger partial charge on any atom is -0.399 e. The maximum absolute atomic E-state index is 5.80. The molecule has 1 aromatic rings. The van der Waals surface area contributed by atoms with Crippen LogP contribution < -0.4 is 11.5 Å². The molecule has 2 rings (SSSR count). The van der Waals surface area contributed by atoms with Crippen LogP contribution in [-0.4, -0.2) is 6.04 Å². The quantitative estimate of drug-likeness (QED) is 0.659. The summed E-state index contributed by atoms with van der Waals surface area (Å²) in [6.45, 7) is 0. The summed E-state index contributed by atoms with van der Waals surface area (Å²) >= 11 is 0. The summed E-state index contributed by atoms with van der Waals surface area (Å²) in [5.41, 5.74) is 12.0. The number of anilines is 1. The molecule has 1 aliphatic rings. The molecule has 0 aromatic heterocycles. The van der Waals surface area contributed by atoms with E-state index in [1.807, 2.05) is 30.3 Å². The molecule has 1 aromatic carbocycles. The van der Waals surface area contributed by atoms with Gasteiger partial charge in [-0.05, 0) is 25.0 Å². The third-order valence-corrected chi connectivity index (χ3v) is 2.95. The number of nitrogen functional groups attached to an aromatic ring is 1. The molecule has 0 radical (unpaired) electrons. The van der Waals surface area contributed by atoms with E-state index in [1.165, 1.54) is 44.9 Å². The van der Waals surface area contributed by atoms with Gasteiger partial charge >= 0.3 is 0 Å². The fraction of sp³-hybridized carbons (Fsp3) is 0.571. The summed E-state index contributed by atoms with van der Waals surface area (Å²) in [6, 6.07) is 10.0. The molecule has 4 N–H and O–H groups in total. The van der Waals surface area contributed by atoms with Crippen LogP contribution >= 0.6 is 0 Å². The van der Waals surface area contributed by atoms with Gasteiger partial charge < -0.3 is 11.5 Å².